The van der Waals surface area contributed by atoms with E-state index < -0.39 is 0 Å². The lowest BCUT2D eigenvalue weighted by atomic mass is 10.1. The van der Waals surface area contributed by atoms with Crippen LogP contribution in [0.1, 0.15) is 11.1 Å². The number of benzene rings is 2. The van der Waals surface area contributed by atoms with Gasteiger partial charge in [-0.05, 0) is 47.9 Å². The number of carbonyl (C=O) groups is 1. The largest absolute Gasteiger partial charge is 0.356 e. The van der Waals surface area contributed by atoms with Gasteiger partial charge >= 0.3 is 0 Å². The minimum Gasteiger partial charge on any atom is -0.356 e. The normalized spacial score (nSPS) is 11.2. The Hall–Kier alpha value is -3.73. The molecular formula is C24H22N4O. The summed E-state index contributed by atoms with van der Waals surface area (Å²) in [5.41, 5.74) is 5.25. The fourth-order valence-corrected chi connectivity index (χ4v) is 3.35. The Morgan fingerprint density at radius 2 is 2.00 bits per heavy atom. The summed E-state index contributed by atoms with van der Waals surface area (Å²) in [7, 11) is 1.62. The fraction of sp³-hybridized carbons (Fsp3) is 0.125. The van der Waals surface area contributed by atoms with Crippen molar-refractivity contribution in [3.05, 3.63) is 90.3 Å². The molecule has 0 fully saturated rings. The van der Waals surface area contributed by atoms with Gasteiger partial charge in [0.2, 0.25) is 5.91 Å². The Balaban J connectivity index is 1.72. The molecule has 0 aliphatic rings. The Kier molecular flexibility index (Phi) is 5.47. The van der Waals surface area contributed by atoms with Crippen molar-refractivity contribution in [1.29, 1.82) is 0 Å². The van der Waals surface area contributed by atoms with Crippen LogP contribution < -0.4 is 5.32 Å². The van der Waals surface area contributed by atoms with Gasteiger partial charge in [-0.3, -0.25) is 9.78 Å². The van der Waals surface area contributed by atoms with Crippen LogP contribution in [0.15, 0.2) is 79.1 Å². The van der Waals surface area contributed by atoms with Crippen molar-refractivity contribution in [2.24, 2.45) is 0 Å². The van der Waals surface area contributed by atoms with Crippen LogP contribution in [0.4, 0.5) is 0 Å². The maximum Gasteiger partial charge on any atom is 0.243 e. The number of likely N-dealkylation sites (N-methyl/N-ethyl adjacent to an activating group) is 1. The average molecular weight is 382 g/mol. The van der Waals surface area contributed by atoms with Crippen molar-refractivity contribution in [3.8, 4) is 11.4 Å². The molecule has 2 aromatic heterocycles. The minimum atomic E-state index is -0.126. The van der Waals surface area contributed by atoms with E-state index >= 15 is 0 Å². The molecule has 2 aromatic carbocycles. The zero-order valence-corrected chi connectivity index (χ0v) is 16.2. The third-order valence-corrected chi connectivity index (χ3v) is 4.82. The van der Waals surface area contributed by atoms with Gasteiger partial charge in [-0.25, -0.2) is 4.98 Å². The zero-order valence-electron chi connectivity index (χ0n) is 16.2. The number of amides is 1. The number of carbonyl (C=O) groups excluding carboxylic acids is 1. The van der Waals surface area contributed by atoms with E-state index in [1.165, 1.54) is 11.6 Å². The summed E-state index contributed by atoms with van der Waals surface area (Å²) in [6, 6.07) is 20.3. The van der Waals surface area contributed by atoms with Gasteiger partial charge in [0.15, 0.2) is 0 Å². The molecule has 144 valence electrons. The van der Waals surface area contributed by atoms with Crippen LogP contribution in [0.2, 0.25) is 0 Å². The molecule has 0 spiro atoms. The predicted octanol–water partition coefficient (Wildman–Crippen LogP) is 4.10. The second-order valence-corrected chi connectivity index (χ2v) is 6.76. The quantitative estimate of drug-likeness (QED) is 0.511. The molecule has 0 saturated carbocycles. The molecule has 0 aliphatic heterocycles. The van der Waals surface area contributed by atoms with Gasteiger partial charge in [0.05, 0.1) is 11.0 Å². The van der Waals surface area contributed by atoms with E-state index in [1.54, 1.807) is 13.2 Å². The zero-order chi connectivity index (χ0) is 20.1. The van der Waals surface area contributed by atoms with E-state index in [0.717, 1.165) is 41.0 Å². The topological polar surface area (TPSA) is 59.8 Å². The van der Waals surface area contributed by atoms with Crippen LogP contribution in [0.5, 0.6) is 0 Å². The standard InChI is InChI=1S/C24H22N4O/c1-25-23(29)12-11-18-6-4-8-20(16-18)24-27-21-9-2-3-10-22(21)28(24)15-13-19-7-5-14-26-17-19/h2-12,14,16-17H,13,15H2,1H3,(H,25,29)/b12-11+. The van der Waals surface area contributed by atoms with Gasteiger partial charge < -0.3 is 9.88 Å². The van der Waals surface area contributed by atoms with E-state index in [2.05, 4.69) is 39.1 Å². The van der Waals surface area contributed by atoms with Crippen molar-refractivity contribution >= 4 is 23.0 Å². The van der Waals surface area contributed by atoms with Crippen molar-refractivity contribution in [3.63, 3.8) is 0 Å². The van der Waals surface area contributed by atoms with Gasteiger partial charge in [-0.15, -0.1) is 0 Å². The first-order valence-electron chi connectivity index (χ1n) is 9.59. The molecule has 1 amide bonds. The van der Waals surface area contributed by atoms with E-state index in [9.17, 15) is 4.79 Å². The SMILES string of the molecule is CNC(=O)/C=C/c1cccc(-c2nc3ccccc3n2CCc2cccnc2)c1. The Labute approximate surface area is 169 Å². The fourth-order valence-electron chi connectivity index (χ4n) is 3.35. The highest BCUT2D eigenvalue weighted by Gasteiger charge is 2.12. The third kappa shape index (κ3) is 4.24. The molecule has 0 bridgehead atoms. The van der Waals surface area contributed by atoms with Crippen molar-refractivity contribution < 1.29 is 4.79 Å². The lowest BCUT2D eigenvalue weighted by Crippen LogP contribution is -2.13. The molecule has 29 heavy (non-hydrogen) atoms. The summed E-state index contributed by atoms with van der Waals surface area (Å²) < 4.78 is 2.25. The summed E-state index contributed by atoms with van der Waals surface area (Å²) in [6.07, 6.45) is 7.91. The van der Waals surface area contributed by atoms with Crippen molar-refractivity contribution in [2.75, 3.05) is 7.05 Å². The highest BCUT2D eigenvalue weighted by Crippen LogP contribution is 2.26. The number of nitrogens with one attached hydrogen (secondary N) is 1. The summed E-state index contributed by atoms with van der Waals surface area (Å²) >= 11 is 0. The Morgan fingerprint density at radius 1 is 1.10 bits per heavy atom. The average Bonchev–Trinajstić information content (AvgIpc) is 3.15. The van der Waals surface area contributed by atoms with Crippen LogP contribution >= 0.6 is 0 Å². The van der Waals surface area contributed by atoms with Gasteiger partial charge in [-0.1, -0.05) is 36.4 Å². The number of aryl methyl sites for hydroxylation is 2. The lowest BCUT2D eigenvalue weighted by Gasteiger charge is -2.10. The van der Waals surface area contributed by atoms with Gasteiger partial charge in [0, 0.05) is 37.6 Å². The number of imidazole rings is 1. The molecule has 0 atom stereocenters. The first-order valence-corrected chi connectivity index (χ1v) is 9.59. The summed E-state index contributed by atoms with van der Waals surface area (Å²) in [5.74, 6) is 0.796. The number of rotatable bonds is 6. The second-order valence-electron chi connectivity index (χ2n) is 6.76. The maximum atomic E-state index is 11.5. The number of hydrogen-bond acceptors (Lipinski definition) is 3. The number of fused-ring (bicyclic) bond motifs is 1. The monoisotopic (exact) mass is 382 g/mol. The van der Waals surface area contributed by atoms with E-state index in [4.69, 9.17) is 4.98 Å². The first kappa shape index (κ1) is 18.6. The molecule has 4 aromatic rings. The van der Waals surface area contributed by atoms with Crippen LogP contribution in [0.3, 0.4) is 0 Å². The Morgan fingerprint density at radius 3 is 2.83 bits per heavy atom. The van der Waals surface area contributed by atoms with Crippen molar-refractivity contribution in [1.82, 2.24) is 19.9 Å². The second kappa shape index (κ2) is 8.52. The van der Waals surface area contributed by atoms with E-state index in [0.29, 0.717) is 0 Å². The van der Waals surface area contributed by atoms with Gasteiger partial charge in [0.1, 0.15) is 5.82 Å². The highest BCUT2D eigenvalue weighted by molar-refractivity contribution is 5.91. The summed E-state index contributed by atoms with van der Waals surface area (Å²) in [4.78, 5) is 20.6. The molecule has 0 unspecified atom stereocenters. The molecule has 5 heteroatoms. The number of nitrogens with zero attached hydrogens (tertiary/aromatic N) is 3. The summed E-state index contributed by atoms with van der Waals surface area (Å²) in [5, 5.41) is 2.59. The third-order valence-electron chi connectivity index (χ3n) is 4.82. The molecule has 1 N–H and O–H groups in total. The van der Waals surface area contributed by atoms with E-state index in [-0.39, 0.29) is 5.91 Å². The molecule has 4 rings (SSSR count). The predicted molar refractivity (Wildman–Crippen MR) is 116 cm³/mol. The number of pyridine rings is 1. The van der Waals surface area contributed by atoms with Crippen LogP contribution in [0.25, 0.3) is 28.5 Å². The molecule has 0 aliphatic carbocycles. The minimum absolute atomic E-state index is 0.126. The molecule has 5 nitrogen and oxygen atoms in total. The maximum absolute atomic E-state index is 11.5. The molecule has 0 radical (unpaired) electrons. The van der Waals surface area contributed by atoms with Crippen molar-refractivity contribution in [2.45, 2.75) is 13.0 Å². The van der Waals surface area contributed by atoms with Crippen LogP contribution in [-0.4, -0.2) is 27.5 Å². The van der Waals surface area contributed by atoms with E-state index in [1.807, 2.05) is 48.7 Å². The number of para-hydroxylation sites is 2. The molecule has 2 heterocycles. The summed E-state index contributed by atoms with van der Waals surface area (Å²) in [6.45, 7) is 0.805. The number of hydrogen-bond donors (Lipinski definition) is 1. The lowest BCUT2D eigenvalue weighted by molar-refractivity contribution is -0.115. The highest BCUT2D eigenvalue weighted by atomic mass is 16.1. The van der Waals surface area contributed by atoms with Gasteiger partial charge in [0.25, 0.3) is 0 Å². The number of aromatic nitrogens is 3. The molecule has 0 saturated heterocycles. The smallest absolute Gasteiger partial charge is 0.243 e. The first-order chi connectivity index (χ1) is 14.2. The van der Waals surface area contributed by atoms with Crippen LogP contribution in [-0.2, 0) is 17.8 Å². The Bertz CT molecular complexity index is 1160. The van der Waals surface area contributed by atoms with Gasteiger partial charge in [-0.2, -0.15) is 0 Å². The molecular weight excluding hydrogens is 360 g/mol. The van der Waals surface area contributed by atoms with Crippen LogP contribution in [0, 0.1) is 0 Å².